The number of carbonyl (C=O) groups excluding carboxylic acids is 3. The van der Waals surface area contributed by atoms with Crippen molar-refractivity contribution in [2.24, 2.45) is 23.2 Å². The van der Waals surface area contributed by atoms with Crippen LogP contribution in [0.15, 0.2) is 29.8 Å². The molecule has 59 heavy (non-hydrogen) atoms. The number of hydrogen-bond acceptors (Lipinski definition) is 10. The summed E-state index contributed by atoms with van der Waals surface area (Å²) in [6.45, 7) is 15.8. The smallest absolute Gasteiger partial charge is 0.408 e. The van der Waals surface area contributed by atoms with E-state index in [0.29, 0.717) is 30.4 Å². The van der Waals surface area contributed by atoms with Crippen LogP contribution in [0.5, 0.6) is 5.75 Å². The highest BCUT2D eigenvalue weighted by atomic mass is 32.1. The number of allylic oxidation sites excluding steroid dienone is 3. The third-order valence-corrected chi connectivity index (χ3v) is 13.8. The molecule has 14 heteroatoms. The van der Waals surface area contributed by atoms with E-state index in [4.69, 9.17) is 19.2 Å². The first-order chi connectivity index (χ1) is 27.9. The molecule has 13 nitrogen and oxygen atoms in total. The van der Waals surface area contributed by atoms with Crippen LogP contribution in [0.1, 0.15) is 115 Å². The van der Waals surface area contributed by atoms with Gasteiger partial charge in [-0.15, -0.1) is 11.3 Å². The molecule has 320 valence electrons. The molecule has 2 aromatic rings. The predicted octanol–water partition coefficient (Wildman–Crippen LogP) is 7.34. The number of ether oxygens (including phenoxy) is 3. The number of hydrogen-bond donors (Lipinski definition) is 4. The highest BCUT2D eigenvalue weighted by Gasteiger charge is 2.61. The van der Waals surface area contributed by atoms with Crippen molar-refractivity contribution in [1.82, 2.24) is 20.5 Å². The number of nitrogens with one attached hydrogen (secondary N) is 3. The molecule has 1 unspecified atom stereocenters. The zero-order chi connectivity index (χ0) is 42.6. The van der Waals surface area contributed by atoms with Crippen molar-refractivity contribution in [3.05, 3.63) is 51.5 Å². The van der Waals surface area contributed by atoms with Gasteiger partial charge in [-0.25, -0.2) is 14.6 Å². The topological polar surface area (TPSA) is 168 Å². The van der Waals surface area contributed by atoms with Crippen LogP contribution in [0, 0.1) is 30.1 Å². The van der Waals surface area contributed by atoms with E-state index in [1.54, 1.807) is 18.4 Å². The van der Waals surface area contributed by atoms with Crippen LogP contribution in [-0.2, 0) is 30.3 Å². The Morgan fingerprint density at radius 3 is 2.41 bits per heavy atom. The quantitative estimate of drug-likeness (QED) is 0.160. The monoisotopic (exact) mass is 831 g/mol. The second-order valence-electron chi connectivity index (χ2n) is 18.7. The first-order valence-corrected chi connectivity index (χ1v) is 22.0. The van der Waals surface area contributed by atoms with Crippen LogP contribution >= 0.6 is 11.3 Å². The number of thiazole rings is 1. The number of methoxy groups -OCH3 is 1. The molecule has 8 atom stereocenters. The van der Waals surface area contributed by atoms with Gasteiger partial charge in [0.15, 0.2) is 5.13 Å². The van der Waals surface area contributed by atoms with Gasteiger partial charge in [0.05, 0.1) is 19.3 Å². The van der Waals surface area contributed by atoms with Gasteiger partial charge in [-0.1, -0.05) is 39.7 Å². The first kappa shape index (κ1) is 42.5. The number of anilines is 1. The molecule has 3 amide bonds. The van der Waals surface area contributed by atoms with Crippen LogP contribution in [0.2, 0.25) is 0 Å². The van der Waals surface area contributed by atoms with E-state index < -0.39 is 53.0 Å². The number of alkyl carbamates (subject to hydrolysis) is 1. The third kappa shape index (κ3) is 8.98. The number of carbonyl (C=O) groups is 4. The van der Waals surface area contributed by atoms with Gasteiger partial charge in [0.1, 0.15) is 41.3 Å². The number of fused-ring (bicyclic) bond motifs is 2. The number of carboxylic acids is 1. The third-order valence-electron chi connectivity index (χ3n) is 12.9. The summed E-state index contributed by atoms with van der Waals surface area (Å²) in [7, 11) is 1.64. The van der Waals surface area contributed by atoms with Gasteiger partial charge >= 0.3 is 12.1 Å². The summed E-state index contributed by atoms with van der Waals surface area (Å²) < 4.78 is 18.4. The predicted molar refractivity (Wildman–Crippen MR) is 227 cm³/mol. The van der Waals surface area contributed by atoms with Gasteiger partial charge in [0.25, 0.3) is 0 Å². The maximum absolute atomic E-state index is 14.8. The van der Waals surface area contributed by atoms with Gasteiger partial charge in [0.2, 0.25) is 11.8 Å². The summed E-state index contributed by atoms with van der Waals surface area (Å²) in [6.07, 6.45) is 5.91. The van der Waals surface area contributed by atoms with E-state index in [-0.39, 0.29) is 31.0 Å². The number of carboxylic acid groups (broad SMARTS) is 1. The Morgan fingerprint density at radius 1 is 1.05 bits per heavy atom. The summed E-state index contributed by atoms with van der Waals surface area (Å²) in [5.41, 5.74) is 2.70. The molecular formula is C45H61N5O8S. The molecule has 0 spiro atoms. The van der Waals surface area contributed by atoms with Gasteiger partial charge in [0, 0.05) is 28.5 Å². The zero-order valence-electron chi connectivity index (χ0n) is 35.9. The summed E-state index contributed by atoms with van der Waals surface area (Å²) in [5, 5.41) is 20.2. The maximum Gasteiger partial charge on any atom is 0.408 e. The van der Waals surface area contributed by atoms with Gasteiger partial charge in [-0.3, -0.25) is 9.59 Å². The van der Waals surface area contributed by atoms with Crippen molar-refractivity contribution in [2.75, 3.05) is 19.0 Å². The lowest BCUT2D eigenvalue weighted by Gasteiger charge is -2.35. The lowest BCUT2D eigenvalue weighted by atomic mass is 9.85. The highest BCUT2D eigenvalue weighted by molar-refractivity contribution is 7.15. The molecule has 4 N–H and O–H groups in total. The fraction of sp³-hybridized carbons (Fsp3) is 0.622. The Kier molecular flexibility index (Phi) is 11.9. The van der Waals surface area contributed by atoms with Crippen LogP contribution in [0.25, 0.3) is 11.3 Å². The number of likely N-dealkylation sites (tertiary alicyclic amines) is 1. The Balaban J connectivity index is 1.22. The minimum Gasteiger partial charge on any atom is -0.497 e. The van der Waals surface area contributed by atoms with Crippen molar-refractivity contribution < 1.29 is 38.5 Å². The molecular weight excluding hydrogens is 771 g/mol. The molecule has 5 aliphatic rings. The minimum atomic E-state index is -1.39. The molecule has 1 aromatic carbocycles. The Bertz CT molecular complexity index is 2040. The summed E-state index contributed by atoms with van der Waals surface area (Å²) in [4.78, 5) is 62.6. The number of amides is 3. The van der Waals surface area contributed by atoms with Crippen LogP contribution in [0.4, 0.5) is 9.93 Å². The maximum atomic E-state index is 14.8. The molecule has 2 heterocycles. The standard InChI is InChI=1S/C45H61N5O8S/c1-10-29-21-45(29,41(53)54)49-39(51)35-19-32(22-50(35)40(52)38(44(6,7)8)48-43(55)58-31-17-27-15-28(27)18-31)57-36-20-34(37-25(5)59-42(47-37)46-23(2)3)24(4)11-12-26-16-30(56-9)13-14-33(26)36/h13-14,16,20,23,27-29,31-32,35,38H,10-12,15,17-19,21-22H2,1-9H3,(H,46,47)(H,48,55)(H,49,51)(H,53,54)/b34-24-,36-20+/t27-,28+,29-,31?,32-,35+,38-,45-/m1/s1. The normalized spacial score (nSPS) is 29.9. The van der Waals surface area contributed by atoms with E-state index in [2.05, 4.69) is 43.6 Å². The zero-order valence-corrected chi connectivity index (χ0v) is 36.7. The molecule has 0 bridgehead atoms. The second kappa shape index (κ2) is 16.5. The molecule has 0 radical (unpaired) electrons. The Morgan fingerprint density at radius 2 is 1.78 bits per heavy atom. The lowest BCUT2D eigenvalue weighted by molar-refractivity contribution is -0.146. The Labute approximate surface area is 351 Å². The fourth-order valence-corrected chi connectivity index (χ4v) is 10.3. The van der Waals surface area contributed by atoms with Gasteiger partial charge in [-0.05, 0) is 119 Å². The van der Waals surface area contributed by atoms with Crippen LogP contribution in [-0.4, -0.2) is 88.4 Å². The SMILES string of the molecule is CC[C@@H]1C[C@]1(NC(=O)[C@@H]1C[C@@H](O/C2=C/C(c3nc(NC(C)C)sc3C)=C(\C)CCc3cc(OC)ccc32)CN1C(=O)[C@@H](NC(=O)OC1C[C@@H]2C[C@@H]2C1)C(C)(C)C)C(=O)O. The van der Waals surface area contributed by atoms with E-state index in [1.165, 1.54) is 11.3 Å². The van der Waals surface area contributed by atoms with Gasteiger partial charge < -0.3 is 40.2 Å². The van der Waals surface area contributed by atoms with Crippen molar-refractivity contribution in [1.29, 1.82) is 0 Å². The average Bonchev–Trinajstić information content (AvgIpc) is 3.90. The number of aromatic nitrogens is 1. The average molecular weight is 832 g/mol. The molecule has 3 saturated carbocycles. The largest absolute Gasteiger partial charge is 0.497 e. The first-order valence-electron chi connectivity index (χ1n) is 21.2. The molecule has 4 aliphatic carbocycles. The number of rotatable bonds is 13. The van der Waals surface area contributed by atoms with Crippen LogP contribution in [0.3, 0.4) is 0 Å². The summed E-state index contributed by atoms with van der Waals surface area (Å²) in [5.74, 6) is 0.204. The molecule has 1 aromatic heterocycles. The summed E-state index contributed by atoms with van der Waals surface area (Å²) in [6, 6.07) is 4.01. The lowest BCUT2D eigenvalue weighted by Crippen LogP contribution is -2.59. The number of aliphatic carboxylic acids is 1. The Hall–Kier alpha value is -4.59. The van der Waals surface area contributed by atoms with Crippen LogP contribution < -0.4 is 20.7 Å². The van der Waals surface area contributed by atoms with Crippen molar-refractivity contribution in [3.8, 4) is 5.75 Å². The second-order valence-corrected chi connectivity index (χ2v) is 19.9. The minimum absolute atomic E-state index is 0.0303. The van der Waals surface area contributed by atoms with E-state index >= 15 is 0 Å². The number of aryl methyl sites for hydroxylation is 2. The van der Waals surface area contributed by atoms with Crippen molar-refractivity contribution in [2.45, 2.75) is 143 Å². The van der Waals surface area contributed by atoms with E-state index in [0.717, 1.165) is 69.4 Å². The molecule has 4 fully saturated rings. The molecule has 1 aliphatic heterocycles. The molecule has 7 rings (SSSR count). The van der Waals surface area contributed by atoms with E-state index in [9.17, 15) is 24.3 Å². The number of benzene rings is 1. The summed E-state index contributed by atoms with van der Waals surface area (Å²) >= 11 is 1.60. The molecule has 1 saturated heterocycles. The van der Waals surface area contributed by atoms with E-state index in [1.807, 2.05) is 52.0 Å². The highest BCUT2D eigenvalue weighted by Crippen LogP contribution is 2.52. The number of nitrogens with zero attached hydrogens (tertiary/aromatic N) is 2. The van der Waals surface area contributed by atoms with Gasteiger partial charge in [-0.2, -0.15) is 0 Å². The van der Waals surface area contributed by atoms with Crippen molar-refractivity contribution in [3.63, 3.8) is 0 Å². The fourth-order valence-electron chi connectivity index (χ4n) is 9.28. The van der Waals surface area contributed by atoms with Crippen molar-refractivity contribution >= 4 is 51.7 Å².